The fourth-order valence-corrected chi connectivity index (χ4v) is 6.07. The molecular weight excluding hydrogens is 692 g/mol. The summed E-state index contributed by atoms with van der Waals surface area (Å²) in [5.74, 6) is 1.18. The molecule has 4 aromatic rings. The number of carbonyl (C=O) groups excluding carboxylic acids is 1. The van der Waals surface area contributed by atoms with E-state index in [0.717, 1.165) is 22.5 Å². The molecule has 1 saturated heterocycles. The van der Waals surface area contributed by atoms with Gasteiger partial charge in [-0.15, -0.1) is 0 Å². The van der Waals surface area contributed by atoms with Crippen molar-refractivity contribution in [3.63, 3.8) is 0 Å². The Morgan fingerprint density at radius 3 is 2.33 bits per heavy atom. The van der Waals surface area contributed by atoms with Crippen molar-refractivity contribution >= 4 is 28.7 Å². The maximum absolute atomic E-state index is 14.0. The number of aromatic amines is 2. The average Bonchev–Trinajstić information content (AvgIpc) is 3.69. The zero-order chi connectivity index (χ0) is 36.9. The van der Waals surface area contributed by atoms with Gasteiger partial charge in [-0.3, -0.25) is 9.89 Å². The summed E-state index contributed by atoms with van der Waals surface area (Å²) in [7, 11) is 0. The molecule has 2 aromatic carbocycles. The second-order valence-electron chi connectivity index (χ2n) is 13.4. The van der Waals surface area contributed by atoms with E-state index in [2.05, 4.69) is 25.1 Å². The number of hydrogen-bond donors (Lipinski definition) is 2. The van der Waals surface area contributed by atoms with Gasteiger partial charge in [0.05, 0.1) is 50.7 Å². The summed E-state index contributed by atoms with van der Waals surface area (Å²) < 4.78 is 29.2. The lowest BCUT2D eigenvalue weighted by molar-refractivity contribution is 0.0106. The molecule has 15 nitrogen and oxygen atoms in total. The molecule has 52 heavy (non-hydrogen) atoms. The fraction of sp³-hybridized carbons (Fsp3) is 0.528. The zero-order valence-electron chi connectivity index (χ0n) is 29.9. The van der Waals surface area contributed by atoms with Crippen LogP contribution in [-0.2, 0) is 31.8 Å². The number of likely N-dealkylation sites (tertiary alicyclic amines) is 1. The molecule has 3 heterocycles. The number of fused-ring (bicyclic) bond motifs is 1. The van der Waals surface area contributed by atoms with Crippen LogP contribution in [0.4, 0.5) is 4.79 Å². The molecule has 0 radical (unpaired) electrons. The summed E-state index contributed by atoms with van der Waals surface area (Å²) in [4.78, 5) is 39.0. The predicted molar refractivity (Wildman–Crippen MR) is 197 cm³/mol. The average molecular weight is 739 g/mol. The number of azide groups is 1. The second kappa shape index (κ2) is 18.8. The molecule has 0 saturated carbocycles. The summed E-state index contributed by atoms with van der Waals surface area (Å²) in [6, 6.07) is 13.2. The number of imidazole rings is 1. The summed E-state index contributed by atoms with van der Waals surface area (Å²) in [5.41, 5.74) is 11.6. The number of nitrogens with one attached hydrogen (secondary N) is 2. The molecule has 0 bridgehead atoms. The number of benzene rings is 2. The van der Waals surface area contributed by atoms with Crippen molar-refractivity contribution in [2.24, 2.45) is 5.11 Å². The van der Waals surface area contributed by atoms with E-state index in [1.165, 1.54) is 4.68 Å². The van der Waals surface area contributed by atoms with Crippen LogP contribution in [0.1, 0.15) is 56.4 Å². The molecule has 1 aliphatic heterocycles. The molecule has 16 heteroatoms. The zero-order valence-corrected chi connectivity index (χ0v) is 30.7. The summed E-state index contributed by atoms with van der Waals surface area (Å²) in [5, 5.41) is 7.35. The molecule has 1 fully saturated rings. The Hall–Kier alpha value is -4.53. The monoisotopic (exact) mass is 738 g/mol. The lowest BCUT2D eigenvalue weighted by Gasteiger charge is -2.33. The highest BCUT2D eigenvalue weighted by molar-refractivity contribution is 6.31. The van der Waals surface area contributed by atoms with Crippen molar-refractivity contribution in [1.82, 2.24) is 24.6 Å². The first-order valence-electron chi connectivity index (χ1n) is 17.5. The molecule has 2 N–H and O–H groups in total. The molecule has 1 amide bonds. The number of amides is 1. The van der Waals surface area contributed by atoms with Crippen LogP contribution in [0.5, 0.6) is 5.75 Å². The van der Waals surface area contributed by atoms with Crippen LogP contribution >= 0.6 is 11.6 Å². The van der Waals surface area contributed by atoms with Crippen molar-refractivity contribution in [1.29, 1.82) is 0 Å². The first-order valence-corrected chi connectivity index (χ1v) is 17.9. The van der Waals surface area contributed by atoms with E-state index in [1.807, 2.05) is 51.1 Å². The van der Waals surface area contributed by atoms with Crippen molar-refractivity contribution in [3.8, 4) is 11.7 Å². The number of ether oxygens (including phenoxy) is 5. The van der Waals surface area contributed by atoms with Gasteiger partial charge in [-0.25, -0.2) is 9.78 Å². The number of hydrogen-bond acceptors (Lipinski definition) is 9. The Balaban J connectivity index is 1.15. The van der Waals surface area contributed by atoms with Crippen molar-refractivity contribution in [2.75, 3.05) is 65.9 Å². The first kappa shape index (κ1) is 38.7. The van der Waals surface area contributed by atoms with Crippen LogP contribution < -0.4 is 10.3 Å². The maximum Gasteiger partial charge on any atom is 0.410 e. The predicted octanol–water partition coefficient (Wildman–Crippen LogP) is 6.33. The molecule has 280 valence electrons. The minimum atomic E-state index is -0.566. The van der Waals surface area contributed by atoms with Gasteiger partial charge in [0.25, 0.3) is 5.56 Å². The van der Waals surface area contributed by atoms with Gasteiger partial charge >= 0.3 is 6.09 Å². The number of aromatic nitrogens is 4. The Labute approximate surface area is 307 Å². The van der Waals surface area contributed by atoms with E-state index < -0.39 is 5.60 Å². The van der Waals surface area contributed by atoms with Crippen LogP contribution in [0.3, 0.4) is 0 Å². The van der Waals surface area contributed by atoms with Gasteiger partial charge in [0.15, 0.2) is 0 Å². The number of piperidine rings is 1. The van der Waals surface area contributed by atoms with Gasteiger partial charge in [-0.2, -0.15) is 4.68 Å². The Morgan fingerprint density at radius 2 is 1.65 bits per heavy atom. The SMILES string of the molecule is CC(C)(C)OC(=O)N1CCC(c2[nH]n(-c3nc4ccc(Cl)cc4[nH]3)c(=O)c2CCc2ccc(OCCOCCOCCOCCN=[N+]=[N-])cc2)CC1. The Bertz CT molecular complexity index is 1850. The number of rotatable bonds is 18. The van der Waals surface area contributed by atoms with Gasteiger partial charge in [0.1, 0.15) is 18.0 Å². The van der Waals surface area contributed by atoms with E-state index in [9.17, 15) is 9.59 Å². The van der Waals surface area contributed by atoms with Crippen LogP contribution in [0, 0.1) is 0 Å². The highest BCUT2D eigenvalue weighted by atomic mass is 35.5. The number of nitrogens with zero attached hydrogens (tertiary/aromatic N) is 6. The number of halogens is 1. The number of H-pyrrole nitrogens is 2. The van der Waals surface area contributed by atoms with Crippen LogP contribution in [0.15, 0.2) is 52.4 Å². The van der Waals surface area contributed by atoms with E-state index in [4.69, 9.17) is 40.8 Å². The van der Waals surface area contributed by atoms with Crippen LogP contribution in [-0.4, -0.2) is 102 Å². The van der Waals surface area contributed by atoms with E-state index >= 15 is 0 Å². The summed E-state index contributed by atoms with van der Waals surface area (Å²) in [6.45, 7) is 9.91. The second-order valence-corrected chi connectivity index (χ2v) is 13.8. The molecule has 2 aromatic heterocycles. The quantitative estimate of drug-likeness (QED) is 0.0514. The standard InChI is InChI=1S/C36H47ClN8O7/c1-36(2,3)52-35(47)44-15-12-26(13-16-44)32-29(33(46)45(42-32)34-40-30-11-7-27(37)24-31(30)41-34)10-6-25-4-8-28(9-5-25)51-23-22-50-21-20-49-19-18-48-17-14-39-43-38/h4-5,7-9,11,24,26,42H,6,10,12-23H2,1-3H3,(H,40,41). The molecule has 1 aliphatic rings. The van der Waals surface area contributed by atoms with Gasteiger partial charge in [0.2, 0.25) is 5.95 Å². The van der Waals surface area contributed by atoms with E-state index in [-0.39, 0.29) is 17.6 Å². The largest absolute Gasteiger partial charge is 0.491 e. The van der Waals surface area contributed by atoms with Gasteiger partial charge in [-0.1, -0.05) is 28.8 Å². The third-order valence-corrected chi connectivity index (χ3v) is 8.68. The van der Waals surface area contributed by atoms with Crippen molar-refractivity contribution < 1.29 is 28.5 Å². The number of carbonyl (C=O) groups is 1. The topological polar surface area (TPSA) is 182 Å². The van der Waals surface area contributed by atoms with Gasteiger partial charge in [-0.05, 0) is 87.9 Å². The van der Waals surface area contributed by atoms with E-state index in [0.29, 0.717) is 114 Å². The maximum atomic E-state index is 14.0. The highest BCUT2D eigenvalue weighted by Gasteiger charge is 2.31. The highest BCUT2D eigenvalue weighted by Crippen LogP contribution is 2.30. The third-order valence-electron chi connectivity index (χ3n) is 8.44. The molecule has 0 spiro atoms. The lowest BCUT2D eigenvalue weighted by atomic mass is 9.90. The molecule has 0 atom stereocenters. The fourth-order valence-electron chi connectivity index (χ4n) is 5.90. The minimum absolute atomic E-state index is 0.0569. The van der Waals surface area contributed by atoms with Crippen molar-refractivity contribution in [2.45, 2.75) is 58.0 Å². The molecular formula is C36H47ClN8O7. The van der Waals surface area contributed by atoms with E-state index in [1.54, 1.807) is 17.0 Å². The van der Waals surface area contributed by atoms with Crippen LogP contribution in [0.2, 0.25) is 5.02 Å². The lowest BCUT2D eigenvalue weighted by Crippen LogP contribution is -2.41. The van der Waals surface area contributed by atoms with Gasteiger partial charge in [0, 0.05) is 46.7 Å². The summed E-state index contributed by atoms with van der Waals surface area (Å²) in [6.07, 6.45) is 2.24. The first-order chi connectivity index (χ1) is 25.1. The normalized spacial score (nSPS) is 13.7. The van der Waals surface area contributed by atoms with Crippen LogP contribution in [0.25, 0.3) is 27.4 Å². The third kappa shape index (κ3) is 11.2. The van der Waals surface area contributed by atoms with Gasteiger partial charge < -0.3 is 33.6 Å². The number of aryl methyl sites for hydroxylation is 1. The van der Waals surface area contributed by atoms with Crippen molar-refractivity contribution in [3.05, 3.63) is 85.1 Å². The smallest absolute Gasteiger partial charge is 0.410 e. The molecule has 0 aliphatic carbocycles. The molecule has 5 rings (SSSR count). The summed E-state index contributed by atoms with van der Waals surface area (Å²) >= 11 is 6.20. The Kier molecular flexibility index (Phi) is 14.0. The minimum Gasteiger partial charge on any atom is -0.491 e. The molecule has 0 unspecified atom stereocenters. The Morgan fingerprint density at radius 1 is 0.981 bits per heavy atom.